The van der Waals surface area contributed by atoms with E-state index < -0.39 is 0 Å². The summed E-state index contributed by atoms with van der Waals surface area (Å²) >= 11 is 0. The van der Waals surface area contributed by atoms with Crippen molar-refractivity contribution in [1.82, 2.24) is 10.2 Å². The third-order valence-corrected chi connectivity index (χ3v) is 3.36. The zero-order chi connectivity index (χ0) is 14.2. The number of hydrogen-bond acceptors (Lipinski definition) is 2. The molecule has 0 bridgehead atoms. The fourth-order valence-electron chi connectivity index (χ4n) is 2.18. The van der Waals surface area contributed by atoms with Gasteiger partial charge in [-0.25, -0.2) is 4.79 Å². The van der Waals surface area contributed by atoms with E-state index in [0.717, 1.165) is 30.9 Å². The van der Waals surface area contributed by atoms with Crippen LogP contribution in [0.25, 0.3) is 0 Å². The number of nitrogens with one attached hydrogen (secondary N) is 2. The van der Waals surface area contributed by atoms with E-state index in [4.69, 9.17) is 0 Å². The van der Waals surface area contributed by atoms with E-state index >= 15 is 0 Å². The molecule has 0 spiro atoms. The summed E-state index contributed by atoms with van der Waals surface area (Å²) in [7, 11) is 0. The fourth-order valence-corrected chi connectivity index (χ4v) is 2.18. The molecule has 1 fully saturated rings. The molecule has 0 atom stereocenters. The van der Waals surface area contributed by atoms with E-state index in [9.17, 15) is 4.79 Å². The van der Waals surface area contributed by atoms with Crippen molar-refractivity contribution < 1.29 is 4.79 Å². The van der Waals surface area contributed by atoms with Crippen molar-refractivity contribution in [3.05, 3.63) is 29.8 Å². The van der Waals surface area contributed by atoms with Crippen molar-refractivity contribution in [3.63, 3.8) is 0 Å². The van der Waals surface area contributed by atoms with Crippen LogP contribution in [0.15, 0.2) is 24.3 Å². The highest BCUT2D eigenvalue weighted by Gasteiger charge is 2.08. The molecule has 4 nitrogen and oxygen atoms in total. The van der Waals surface area contributed by atoms with Gasteiger partial charge in [0.15, 0.2) is 0 Å². The second kappa shape index (κ2) is 7.56. The number of likely N-dealkylation sites (tertiary alicyclic amines) is 1. The van der Waals surface area contributed by atoms with Gasteiger partial charge in [-0.3, -0.25) is 4.90 Å². The van der Waals surface area contributed by atoms with Crippen molar-refractivity contribution in [2.75, 3.05) is 31.5 Å². The molecular formula is C16H21N3O. The van der Waals surface area contributed by atoms with Gasteiger partial charge in [-0.15, -0.1) is 0 Å². The van der Waals surface area contributed by atoms with E-state index in [1.54, 1.807) is 0 Å². The lowest BCUT2D eigenvalue weighted by Crippen LogP contribution is -2.29. The van der Waals surface area contributed by atoms with Crippen LogP contribution in [-0.2, 0) is 0 Å². The molecular weight excluding hydrogens is 250 g/mol. The second-order valence-electron chi connectivity index (χ2n) is 4.96. The Kier molecular flexibility index (Phi) is 5.45. The maximum atomic E-state index is 11.7. The number of rotatable bonds is 3. The molecule has 0 aliphatic carbocycles. The van der Waals surface area contributed by atoms with Gasteiger partial charge in [-0.05, 0) is 44.5 Å². The lowest BCUT2D eigenvalue weighted by atomic mass is 10.2. The minimum atomic E-state index is -0.213. The predicted molar refractivity (Wildman–Crippen MR) is 81.7 cm³/mol. The maximum absolute atomic E-state index is 11.7. The summed E-state index contributed by atoms with van der Waals surface area (Å²) in [5, 5.41) is 5.56. The van der Waals surface area contributed by atoms with E-state index in [2.05, 4.69) is 27.4 Å². The van der Waals surface area contributed by atoms with Crippen LogP contribution in [0.2, 0.25) is 0 Å². The van der Waals surface area contributed by atoms with Gasteiger partial charge in [-0.2, -0.15) is 0 Å². The fraction of sp³-hybridized carbons (Fsp3) is 0.438. The highest BCUT2D eigenvalue weighted by Crippen LogP contribution is 2.12. The Balaban J connectivity index is 1.67. The quantitative estimate of drug-likeness (QED) is 0.828. The third-order valence-electron chi connectivity index (χ3n) is 3.36. The average Bonchev–Trinajstić information content (AvgIpc) is 2.94. The lowest BCUT2D eigenvalue weighted by molar-refractivity contribution is 0.253. The summed E-state index contributed by atoms with van der Waals surface area (Å²) in [5.74, 6) is 6.07. The van der Waals surface area contributed by atoms with E-state index in [-0.39, 0.29) is 6.03 Å². The molecule has 1 aliphatic heterocycles. The SMILES string of the molecule is Cc1ccccc1NC(=O)NCC#CCN1CCCC1. The molecule has 20 heavy (non-hydrogen) atoms. The lowest BCUT2D eigenvalue weighted by Gasteiger charge is -2.09. The first kappa shape index (κ1) is 14.4. The summed E-state index contributed by atoms with van der Waals surface area (Å²) in [5.41, 5.74) is 1.87. The standard InChI is InChI=1S/C16H21N3O/c1-14-8-2-3-9-15(14)18-16(20)17-10-4-5-11-19-12-6-7-13-19/h2-3,8-9H,6-7,10-13H2,1H3,(H2,17,18,20). The number of hydrogen-bond donors (Lipinski definition) is 2. The van der Waals surface area contributed by atoms with Crippen molar-refractivity contribution >= 4 is 11.7 Å². The number of benzene rings is 1. The van der Waals surface area contributed by atoms with E-state index in [1.807, 2.05) is 31.2 Å². The van der Waals surface area contributed by atoms with Crippen LogP contribution >= 0.6 is 0 Å². The van der Waals surface area contributed by atoms with Gasteiger partial charge in [0, 0.05) is 5.69 Å². The number of aryl methyl sites for hydroxylation is 1. The summed E-state index contributed by atoms with van der Waals surface area (Å²) in [6.07, 6.45) is 2.55. The largest absolute Gasteiger partial charge is 0.327 e. The highest BCUT2D eigenvalue weighted by molar-refractivity contribution is 5.90. The molecule has 1 aliphatic rings. The molecule has 0 radical (unpaired) electrons. The average molecular weight is 271 g/mol. The Morgan fingerprint density at radius 3 is 2.75 bits per heavy atom. The molecule has 0 saturated carbocycles. The minimum Gasteiger partial charge on any atom is -0.327 e. The van der Waals surface area contributed by atoms with Gasteiger partial charge in [0.2, 0.25) is 0 Å². The molecule has 1 aromatic rings. The molecule has 1 aromatic carbocycles. The first-order valence-electron chi connectivity index (χ1n) is 7.04. The van der Waals surface area contributed by atoms with Gasteiger partial charge in [0.25, 0.3) is 0 Å². The summed E-state index contributed by atoms with van der Waals surface area (Å²) in [6, 6.07) is 7.48. The van der Waals surface area contributed by atoms with Crippen molar-refractivity contribution in [1.29, 1.82) is 0 Å². The molecule has 0 aromatic heterocycles. The molecule has 2 amide bonds. The van der Waals surface area contributed by atoms with Gasteiger partial charge in [-0.1, -0.05) is 30.0 Å². The number of para-hydroxylation sites is 1. The molecule has 1 heterocycles. The minimum absolute atomic E-state index is 0.213. The van der Waals surface area contributed by atoms with Gasteiger partial charge < -0.3 is 10.6 Å². The summed E-state index contributed by atoms with van der Waals surface area (Å²) in [6.45, 7) is 5.45. The van der Waals surface area contributed by atoms with E-state index in [1.165, 1.54) is 12.8 Å². The van der Waals surface area contributed by atoms with Crippen LogP contribution in [0, 0.1) is 18.8 Å². The van der Waals surface area contributed by atoms with E-state index in [0.29, 0.717) is 6.54 Å². The van der Waals surface area contributed by atoms with Crippen molar-refractivity contribution in [2.24, 2.45) is 0 Å². The van der Waals surface area contributed by atoms with Gasteiger partial charge in [0.1, 0.15) is 0 Å². The Hall–Kier alpha value is -1.99. The molecule has 1 saturated heterocycles. The smallest absolute Gasteiger partial charge is 0.320 e. The van der Waals surface area contributed by atoms with Crippen LogP contribution in [0.3, 0.4) is 0 Å². The Bertz CT molecular complexity index is 510. The summed E-state index contributed by atoms with van der Waals surface area (Å²) < 4.78 is 0. The van der Waals surface area contributed by atoms with Crippen LogP contribution in [0.4, 0.5) is 10.5 Å². The van der Waals surface area contributed by atoms with Crippen LogP contribution in [0.5, 0.6) is 0 Å². The molecule has 0 unspecified atom stereocenters. The molecule has 2 rings (SSSR count). The zero-order valence-corrected chi connectivity index (χ0v) is 11.9. The van der Waals surface area contributed by atoms with Gasteiger partial charge in [0.05, 0.1) is 13.1 Å². The topological polar surface area (TPSA) is 44.4 Å². The number of anilines is 1. The third kappa shape index (κ3) is 4.60. The molecule has 4 heteroatoms. The maximum Gasteiger partial charge on any atom is 0.320 e. The highest BCUT2D eigenvalue weighted by atomic mass is 16.2. The second-order valence-corrected chi connectivity index (χ2v) is 4.96. The first-order chi connectivity index (χ1) is 9.75. The van der Waals surface area contributed by atoms with Crippen LogP contribution < -0.4 is 10.6 Å². The summed E-state index contributed by atoms with van der Waals surface area (Å²) in [4.78, 5) is 14.0. The number of urea groups is 1. The Morgan fingerprint density at radius 2 is 2.00 bits per heavy atom. The number of amides is 2. The van der Waals surface area contributed by atoms with Crippen LogP contribution in [0.1, 0.15) is 18.4 Å². The first-order valence-corrected chi connectivity index (χ1v) is 7.04. The number of carbonyl (C=O) groups excluding carboxylic acids is 1. The van der Waals surface area contributed by atoms with Crippen LogP contribution in [-0.4, -0.2) is 37.1 Å². The molecule has 2 N–H and O–H groups in total. The van der Waals surface area contributed by atoms with Crippen molar-refractivity contribution in [3.8, 4) is 11.8 Å². The molecule has 106 valence electrons. The van der Waals surface area contributed by atoms with Crippen molar-refractivity contribution in [2.45, 2.75) is 19.8 Å². The number of carbonyl (C=O) groups is 1. The Morgan fingerprint density at radius 1 is 1.25 bits per heavy atom. The normalized spacial score (nSPS) is 14.4. The predicted octanol–water partition coefficient (Wildman–Crippen LogP) is 2.22. The zero-order valence-electron chi connectivity index (χ0n) is 11.9. The van der Waals surface area contributed by atoms with Gasteiger partial charge >= 0.3 is 6.03 Å². The number of nitrogens with zero attached hydrogens (tertiary/aromatic N) is 1. The monoisotopic (exact) mass is 271 g/mol. The Labute approximate surface area is 120 Å².